The molecular formula is C17H15F3N2O2. The maximum atomic E-state index is 13.2. The zero-order valence-corrected chi connectivity index (χ0v) is 12.9. The molecule has 1 aliphatic rings. The molecule has 1 aliphatic heterocycles. The summed E-state index contributed by atoms with van der Waals surface area (Å²) in [4.78, 5) is 0. The predicted molar refractivity (Wildman–Crippen MR) is 82.7 cm³/mol. The fraction of sp³-hybridized carbons (Fsp3) is 0.235. The number of nitriles is 1. The number of benzene rings is 2. The molecule has 126 valence electrons. The lowest BCUT2D eigenvalue weighted by molar-refractivity contribution is -0.137. The van der Waals surface area contributed by atoms with Crippen molar-refractivity contribution in [2.45, 2.75) is 6.18 Å². The van der Waals surface area contributed by atoms with Gasteiger partial charge in [0.1, 0.15) is 13.2 Å². The van der Waals surface area contributed by atoms with E-state index < -0.39 is 11.7 Å². The largest absolute Gasteiger partial charge is 0.486 e. The first-order valence-electron chi connectivity index (χ1n) is 7.09. The van der Waals surface area contributed by atoms with Gasteiger partial charge in [0.25, 0.3) is 0 Å². The van der Waals surface area contributed by atoms with E-state index in [-0.39, 0.29) is 29.0 Å². The van der Waals surface area contributed by atoms with Crippen LogP contribution in [-0.2, 0) is 6.18 Å². The molecule has 0 aromatic heterocycles. The van der Waals surface area contributed by atoms with Crippen LogP contribution >= 0.6 is 0 Å². The predicted octanol–water partition coefficient (Wildman–Crippen LogP) is 3.59. The third-order valence-corrected chi connectivity index (χ3v) is 3.31. The van der Waals surface area contributed by atoms with E-state index in [1.807, 2.05) is 6.07 Å². The minimum atomic E-state index is -4.53. The van der Waals surface area contributed by atoms with Crippen molar-refractivity contribution in [3.63, 3.8) is 0 Å². The number of nitrogens with zero attached hydrogens (tertiary/aromatic N) is 1. The van der Waals surface area contributed by atoms with Crippen LogP contribution in [0.15, 0.2) is 36.4 Å². The zero-order valence-electron chi connectivity index (χ0n) is 12.9. The first-order valence-corrected chi connectivity index (χ1v) is 7.09. The van der Waals surface area contributed by atoms with Gasteiger partial charge in [-0.15, -0.1) is 0 Å². The van der Waals surface area contributed by atoms with Crippen LogP contribution in [0.4, 0.5) is 13.2 Å². The number of rotatable bonds is 1. The molecule has 2 aromatic carbocycles. The van der Waals surface area contributed by atoms with Crippen molar-refractivity contribution in [2.24, 2.45) is 5.73 Å². The molecule has 24 heavy (non-hydrogen) atoms. The summed E-state index contributed by atoms with van der Waals surface area (Å²) in [5, 5.41) is 8.95. The molecule has 0 saturated carbocycles. The van der Waals surface area contributed by atoms with Gasteiger partial charge in [-0.05, 0) is 36.9 Å². The third kappa shape index (κ3) is 3.44. The highest BCUT2D eigenvalue weighted by Crippen LogP contribution is 2.44. The fourth-order valence-corrected chi connectivity index (χ4v) is 2.37. The SMILES string of the molecule is CN.N#Cc1ccc(C(F)(F)F)c(-c2cccc3c2OCCO3)c1. The molecule has 2 aromatic rings. The Morgan fingerprint density at radius 2 is 1.75 bits per heavy atom. The van der Waals surface area contributed by atoms with Crippen LogP contribution in [0.3, 0.4) is 0 Å². The smallest absolute Gasteiger partial charge is 0.417 e. The Labute approximate surface area is 137 Å². The summed E-state index contributed by atoms with van der Waals surface area (Å²) in [6.45, 7) is 0.615. The molecule has 2 N–H and O–H groups in total. The summed E-state index contributed by atoms with van der Waals surface area (Å²) in [6.07, 6.45) is -4.53. The molecule has 0 bridgehead atoms. The average Bonchev–Trinajstić information content (AvgIpc) is 2.61. The van der Waals surface area contributed by atoms with Gasteiger partial charge in [-0.2, -0.15) is 18.4 Å². The average molecular weight is 336 g/mol. The van der Waals surface area contributed by atoms with Gasteiger partial charge in [0, 0.05) is 5.56 Å². The number of ether oxygens (including phenoxy) is 2. The van der Waals surface area contributed by atoms with Crippen LogP contribution in [0.1, 0.15) is 11.1 Å². The first-order chi connectivity index (χ1) is 11.5. The van der Waals surface area contributed by atoms with Crippen LogP contribution in [0.2, 0.25) is 0 Å². The van der Waals surface area contributed by atoms with Gasteiger partial charge in [-0.25, -0.2) is 0 Å². The lowest BCUT2D eigenvalue weighted by Gasteiger charge is -2.22. The molecule has 1 heterocycles. The molecule has 3 rings (SSSR count). The lowest BCUT2D eigenvalue weighted by atomic mass is 9.96. The highest BCUT2D eigenvalue weighted by molar-refractivity contribution is 5.78. The molecule has 0 atom stereocenters. The second-order valence-corrected chi connectivity index (χ2v) is 4.70. The van der Waals surface area contributed by atoms with Gasteiger partial charge in [0.15, 0.2) is 11.5 Å². The van der Waals surface area contributed by atoms with Crippen molar-refractivity contribution in [1.82, 2.24) is 0 Å². The van der Waals surface area contributed by atoms with Crippen LogP contribution in [0.5, 0.6) is 11.5 Å². The standard InChI is InChI=1S/C16H10F3NO2.CH5N/c17-16(18,19)13-5-4-10(9-20)8-12(13)11-2-1-3-14-15(11)22-7-6-21-14;1-2/h1-5,8H,6-7H2;2H2,1H3. The topological polar surface area (TPSA) is 68.3 Å². The van der Waals surface area contributed by atoms with Crippen molar-refractivity contribution in [2.75, 3.05) is 20.3 Å². The van der Waals surface area contributed by atoms with E-state index in [1.165, 1.54) is 19.2 Å². The Morgan fingerprint density at radius 3 is 2.42 bits per heavy atom. The van der Waals surface area contributed by atoms with E-state index in [2.05, 4.69) is 5.73 Å². The molecule has 7 heteroatoms. The molecular weight excluding hydrogens is 321 g/mol. The van der Waals surface area contributed by atoms with Crippen LogP contribution in [0.25, 0.3) is 11.1 Å². The molecule has 0 fully saturated rings. The molecule has 0 unspecified atom stereocenters. The Hall–Kier alpha value is -2.72. The van der Waals surface area contributed by atoms with Gasteiger partial charge < -0.3 is 15.2 Å². The van der Waals surface area contributed by atoms with Crippen LogP contribution in [-0.4, -0.2) is 20.3 Å². The Kier molecular flexibility index (Phi) is 5.31. The summed E-state index contributed by atoms with van der Waals surface area (Å²) in [7, 11) is 1.50. The summed E-state index contributed by atoms with van der Waals surface area (Å²) < 4.78 is 50.6. The quantitative estimate of drug-likeness (QED) is 0.864. The third-order valence-electron chi connectivity index (χ3n) is 3.31. The summed E-state index contributed by atoms with van der Waals surface area (Å²) >= 11 is 0. The number of halogens is 3. The molecule has 0 saturated heterocycles. The summed E-state index contributed by atoms with van der Waals surface area (Å²) in [5.74, 6) is 0.675. The van der Waals surface area contributed by atoms with Crippen molar-refractivity contribution < 1.29 is 22.6 Å². The molecule has 0 aliphatic carbocycles. The molecule has 0 amide bonds. The summed E-state index contributed by atoms with van der Waals surface area (Å²) in [5.41, 5.74) is 4.02. The second-order valence-electron chi connectivity index (χ2n) is 4.70. The highest BCUT2D eigenvalue weighted by Gasteiger charge is 2.35. The monoisotopic (exact) mass is 336 g/mol. The van der Waals surface area contributed by atoms with Gasteiger partial charge in [0.2, 0.25) is 0 Å². The van der Waals surface area contributed by atoms with Crippen molar-refractivity contribution in [1.29, 1.82) is 5.26 Å². The van der Waals surface area contributed by atoms with Gasteiger partial charge in [0.05, 0.1) is 17.2 Å². The zero-order chi connectivity index (χ0) is 17.7. The Balaban J connectivity index is 0.00000100. The molecule has 4 nitrogen and oxygen atoms in total. The second kappa shape index (κ2) is 7.23. The van der Waals surface area contributed by atoms with E-state index in [4.69, 9.17) is 14.7 Å². The Morgan fingerprint density at radius 1 is 1.04 bits per heavy atom. The van der Waals surface area contributed by atoms with Crippen LogP contribution in [0, 0.1) is 11.3 Å². The van der Waals surface area contributed by atoms with Gasteiger partial charge in [-0.3, -0.25) is 0 Å². The van der Waals surface area contributed by atoms with E-state index in [0.29, 0.717) is 12.4 Å². The minimum Gasteiger partial charge on any atom is -0.486 e. The molecule has 0 spiro atoms. The Bertz CT molecular complexity index is 767. The van der Waals surface area contributed by atoms with Crippen LogP contribution < -0.4 is 15.2 Å². The van der Waals surface area contributed by atoms with Crippen molar-refractivity contribution in [3.8, 4) is 28.7 Å². The van der Waals surface area contributed by atoms with E-state index in [0.717, 1.165) is 12.1 Å². The number of para-hydroxylation sites is 1. The highest BCUT2D eigenvalue weighted by atomic mass is 19.4. The maximum absolute atomic E-state index is 13.2. The van der Waals surface area contributed by atoms with Gasteiger partial charge >= 0.3 is 6.18 Å². The summed E-state index contributed by atoms with van der Waals surface area (Å²) in [6, 6.07) is 9.91. The van der Waals surface area contributed by atoms with E-state index >= 15 is 0 Å². The maximum Gasteiger partial charge on any atom is 0.417 e. The lowest BCUT2D eigenvalue weighted by Crippen LogP contribution is -2.16. The molecule has 0 radical (unpaired) electrons. The first kappa shape index (κ1) is 17.6. The fourth-order valence-electron chi connectivity index (χ4n) is 2.37. The number of hydrogen-bond donors (Lipinski definition) is 1. The number of nitrogens with two attached hydrogens (primary N) is 1. The van der Waals surface area contributed by atoms with Crippen molar-refractivity contribution >= 4 is 0 Å². The number of alkyl halides is 3. The normalized spacial score (nSPS) is 12.7. The van der Waals surface area contributed by atoms with E-state index in [9.17, 15) is 13.2 Å². The van der Waals surface area contributed by atoms with E-state index in [1.54, 1.807) is 12.1 Å². The number of fused-ring (bicyclic) bond motifs is 1. The van der Waals surface area contributed by atoms with Crippen molar-refractivity contribution in [3.05, 3.63) is 47.5 Å². The van der Waals surface area contributed by atoms with Gasteiger partial charge in [-0.1, -0.05) is 12.1 Å². The minimum absolute atomic E-state index is 0.0890. The number of hydrogen-bond acceptors (Lipinski definition) is 4.